The van der Waals surface area contributed by atoms with E-state index in [4.69, 9.17) is 0 Å². The maximum Gasteiger partial charge on any atom is 0.0955 e. The molecule has 2 N–H and O–H groups in total. The molecule has 1 heterocycles. The van der Waals surface area contributed by atoms with E-state index in [2.05, 4.69) is 4.98 Å². The SMILES string of the molecule is CC(C)(O)C(C)(O)Cc1ccccn1. The van der Waals surface area contributed by atoms with Crippen molar-refractivity contribution in [3.05, 3.63) is 30.1 Å². The van der Waals surface area contributed by atoms with Crippen LogP contribution in [0.15, 0.2) is 24.4 Å². The Labute approximate surface area is 84.4 Å². The van der Waals surface area contributed by atoms with Crippen LogP contribution in [0.2, 0.25) is 0 Å². The average Bonchev–Trinajstić information content (AvgIpc) is 2.03. The van der Waals surface area contributed by atoms with E-state index in [1.54, 1.807) is 27.0 Å². The molecule has 1 atom stereocenters. The highest BCUT2D eigenvalue weighted by Gasteiger charge is 2.37. The van der Waals surface area contributed by atoms with Crippen LogP contribution in [0.5, 0.6) is 0 Å². The number of pyridine rings is 1. The van der Waals surface area contributed by atoms with Gasteiger partial charge in [-0.05, 0) is 32.9 Å². The monoisotopic (exact) mass is 195 g/mol. The van der Waals surface area contributed by atoms with Gasteiger partial charge >= 0.3 is 0 Å². The molecule has 0 aliphatic rings. The molecule has 1 unspecified atom stereocenters. The highest BCUT2D eigenvalue weighted by atomic mass is 16.3. The van der Waals surface area contributed by atoms with E-state index in [1.165, 1.54) is 0 Å². The number of aromatic nitrogens is 1. The van der Waals surface area contributed by atoms with Gasteiger partial charge in [0, 0.05) is 18.3 Å². The maximum absolute atomic E-state index is 10.0. The van der Waals surface area contributed by atoms with Crippen LogP contribution < -0.4 is 0 Å². The van der Waals surface area contributed by atoms with Gasteiger partial charge in [0.05, 0.1) is 11.2 Å². The maximum atomic E-state index is 10.0. The number of aliphatic hydroxyl groups is 2. The van der Waals surface area contributed by atoms with Gasteiger partial charge in [0.2, 0.25) is 0 Å². The van der Waals surface area contributed by atoms with Gasteiger partial charge in [-0.3, -0.25) is 4.98 Å². The second-order valence-electron chi connectivity index (χ2n) is 4.33. The molecule has 3 heteroatoms. The molecule has 1 aromatic heterocycles. The van der Waals surface area contributed by atoms with E-state index in [0.29, 0.717) is 6.42 Å². The predicted molar refractivity (Wildman–Crippen MR) is 54.9 cm³/mol. The Morgan fingerprint density at radius 1 is 1.21 bits per heavy atom. The zero-order valence-corrected chi connectivity index (χ0v) is 8.86. The van der Waals surface area contributed by atoms with Crippen LogP contribution in [0.3, 0.4) is 0 Å². The summed E-state index contributed by atoms with van der Waals surface area (Å²) in [6.45, 7) is 4.80. The van der Waals surface area contributed by atoms with Gasteiger partial charge in [0.25, 0.3) is 0 Å². The largest absolute Gasteiger partial charge is 0.387 e. The second kappa shape index (κ2) is 3.67. The third-order valence-corrected chi connectivity index (χ3v) is 2.57. The van der Waals surface area contributed by atoms with Gasteiger partial charge in [-0.2, -0.15) is 0 Å². The Kier molecular flexibility index (Phi) is 2.92. The lowest BCUT2D eigenvalue weighted by molar-refractivity contribution is -0.119. The van der Waals surface area contributed by atoms with Gasteiger partial charge < -0.3 is 10.2 Å². The highest BCUT2D eigenvalue weighted by molar-refractivity contribution is 5.09. The van der Waals surface area contributed by atoms with E-state index >= 15 is 0 Å². The predicted octanol–water partition coefficient (Wildman–Crippen LogP) is 1.15. The molecule has 0 aliphatic carbocycles. The smallest absolute Gasteiger partial charge is 0.0955 e. The molecule has 0 saturated carbocycles. The molecule has 3 nitrogen and oxygen atoms in total. The van der Waals surface area contributed by atoms with Crippen molar-refractivity contribution < 1.29 is 10.2 Å². The summed E-state index contributed by atoms with van der Waals surface area (Å²) in [6.07, 6.45) is 2.02. The van der Waals surface area contributed by atoms with Crippen molar-refractivity contribution in [3.8, 4) is 0 Å². The molecule has 78 valence electrons. The Bertz CT molecular complexity index is 288. The molecule has 0 spiro atoms. The molecule has 0 aromatic carbocycles. The fourth-order valence-electron chi connectivity index (χ4n) is 1.07. The lowest BCUT2D eigenvalue weighted by Crippen LogP contribution is -2.49. The average molecular weight is 195 g/mol. The fraction of sp³-hybridized carbons (Fsp3) is 0.545. The number of nitrogens with zero attached hydrogens (tertiary/aromatic N) is 1. The minimum atomic E-state index is -1.17. The fourth-order valence-corrected chi connectivity index (χ4v) is 1.07. The first-order valence-electron chi connectivity index (χ1n) is 4.67. The third kappa shape index (κ3) is 2.53. The third-order valence-electron chi connectivity index (χ3n) is 2.57. The Balaban J connectivity index is 2.79. The normalized spacial score (nSPS) is 16.4. The molecule has 0 fully saturated rings. The van der Waals surface area contributed by atoms with Gasteiger partial charge in [0.1, 0.15) is 0 Å². The highest BCUT2D eigenvalue weighted by Crippen LogP contribution is 2.24. The minimum absolute atomic E-state index is 0.345. The second-order valence-corrected chi connectivity index (χ2v) is 4.33. The van der Waals surface area contributed by atoms with Crippen LogP contribution in [0.4, 0.5) is 0 Å². The first-order chi connectivity index (χ1) is 6.33. The van der Waals surface area contributed by atoms with Crippen molar-refractivity contribution in [1.29, 1.82) is 0 Å². The lowest BCUT2D eigenvalue weighted by Gasteiger charge is -2.35. The molecule has 0 saturated heterocycles. The summed E-state index contributed by atoms with van der Waals surface area (Å²) in [5.74, 6) is 0. The zero-order chi connectivity index (χ0) is 10.8. The number of hydrogen-bond acceptors (Lipinski definition) is 3. The van der Waals surface area contributed by atoms with Gasteiger partial charge in [-0.25, -0.2) is 0 Å². The van der Waals surface area contributed by atoms with Gasteiger partial charge in [-0.15, -0.1) is 0 Å². The van der Waals surface area contributed by atoms with E-state index in [0.717, 1.165) is 5.69 Å². The molecule has 14 heavy (non-hydrogen) atoms. The van der Waals surface area contributed by atoms with Crippen LogP contribution in [-0.2, 0) is 6.42 Å². The van der Waals surface area contributed by atoms with E-state index < -0.39 is 11.2 Å². The van der Waals surface area contributed by atoms with Crippen LogP contribution in [0.1, 0.15) is 26.5 Å². The van der Waals surface area contributed by atoms with E-state index in [-0.39, 0.29) is 0 Å². The number of hydrogen-bond donors (Lipinski definition) is 2. The van der Waals surface area contributed by atoms with Gasteiger partial charge in [-0.1, -0.05) is 6.07 Å². The summed E-state index contributed by atoms with van der Waals surface area (Å²) in [6, 6.07) is 5.52. The topological polar surface area (TPSA) is 53.4 Å². The summed E-state index contributed by atoms with van der Waals surface area (Å²) in [7, 11) is 0. The van der Waals surface area contributed by atoms with Crippen molar-refractivity contribution in [2.75, 3.05) is 0 Å². The summed E-state index contributed by atoms with van der Waals surface area (Å²) in [4.78, 5) is 4.11. The van der Waals surface area contributed by atoms with Crippen LogP contribution in [0, 0.1) is 0 Å². The van der Waals surface area contributed by atoms with Crippen LogP contribution in [0.25, 0.3) is 0 Å². The van der Waals surface area contributed by atoms with E-state index in [9.17, 15) is 10.2 Å². The van der Waals surface area contributed by atoms with Crippen LogP contribution >= 0.6 is 0 Å². The summed E-state index contributed by atoms with van der Waals surface area (Å²) in [5.41, 5.74) is -1.52. The van der Waals surface area contributed by atoms with Crippen molar-refractivity contribution in [3.63, 3.8) is 0 Å². The van der Waals surface area contributed by atoms with Crippen molar-refractivity contribution >= 4 is 0 Å². The van der Waals surface area contributed by atoms with E-state index in [1.807, 2.05) is 18.2 Å². The Hall–Kier alpha value is -0.930. The molecule has 1 aromatic rings. The zero-order valence-electron chi connectivity index (χ0n) is 8.86. The van der Waals surface area contributed by atoms with Crippen molar-refractivity contribution in [1.82, 2.24) is 4.98 Å². The molecule has 1 rings (SSSR count). The number of rotatable bonds is 3. The van der Waals surface area contributed by atoms with Gasteiger partial charge in [0.15, 0.2) is 0 Å². The molecular formula is C11H17NO2. The lowest BCUT2D eigenvalue weighted by atomic mass is 9.84. The summed E-state index contributed by atoms with van der Waals surface area (Å²) < 4.78 is 0. The quantitative estimate of drug-likeness (QED) is 0.760. The first kappa shape index (κ1) is 11.1. The standard InChI is InChI=1S/C11H17NO2/c1-10(2,13)11(3,14)8-9-6-4-5-7-12-9/h4-7,13-14H,8H2,1-3H3. The Morgan fingerprint density at radius 2 is 1.86 bits per heavy atom. The molecule has 0 amide bonds. The summed E-state index contributed by atoms with van der Waals surface area (Å²) >= 11 is 0. The van der Waals surface area contributed by atoms with Crippen molar-refractivity contribution in [2.24, 2.45) is 0 Å². The summed E-state index contributed by atoms with van der Waals surface area (Å²) in [5, 5.41) is 19.7. The van der Waals surface area contributed by atoms with Crippen LogP contribution in [-0.4, -0.2) is 26.4 Å². The molecule has 0 bridgehead atoms. The molecule has 0 aliphatic heterocycles. The Morgan fingerprint density at radius 3 is 2.29 bits per heavy atom. The molecular weight excluding hydrogens is 178 g/mol. The first-order valence-corrected chi connectivity index (χ1v) is 4.67. The minimum Gasteiger partial charge on any atom is -0.387 e. The molecule has 0 radical (unpaired) electrons. The van der Waals surface area contributed by atoms with Crippen molar-refractivity contribution in [2.45, 2.75) is 38.4 Å².